The van der Waals surface area contributed by atoms with Gasteiger partial charge in [-0.15, -0.1) is 11.8 Å². The molecule has 0 radical (unpaired) electrons. The van der Waals surface area contributed by atoms with E-state index in [1.807, 2.05) is 12.1 Å². The summed E-state index contributed by atoms with van der Waals surface area (Å²) >= 11 is 1.74. The second-order valence-corrected chi connectivity index (χ2v) is 13.1. The molecule has 5 aliphatic carbocycles. The molecule has 1 aromatic rings. The molecular weight excluding hydrogens is 478 g/mol. The zero-order valence-corrected chi connectivity index (χ0v) is 21.5. The molecule has 2 unspecified atom stereocenters. The van der Waals surface area contributed by atoms with Crippen molar-refractivity contribution in [2.45, 2.75) is 98.7 Å². The summed E-state index contributed by atoms with van der Waals surface area (Å²) in [5.41, 5.74) is 0.153. The largest absolute Gasteiger partial charge is 0.506 e. The molecule has 3 N–H and O–H groups in total. The first kappa shape index (κ1) is 24.3. The highest BCUT2D eigenvalue weighted by atomic mass is 32.2. The number of ether oxygens (including phenoxy) is 1. The number of nitrogens with zero attached hydrogens (tertiary/aromatic N) is 2. The van der Waals surface area contributed by atoms with Crippen molar-refractivity contribution in [2.75, 3.05) is 18.0 Å². The van der Waals surface area contributed by atoms with Crippen molar-refractivity contribution in [1.82, 2.24) is 10.3 Å². The molecule has 1 amide bonds. The number of rotatable bonds is 6. The molecule has 36 heavy (non-hydrogen) atoms. The van der Waals surface area contributed by atoms with E-state index in [1.54, 1.807) is 11.8 Å². The number of nitrogens with one attached hydrogen (secondary N) is 1. The van der Waals surface area contributed by atoms with Gasteiger partial charge in [0, 0.05) is 37.2 Å². The van der Waals surface area contributed by atoms with E-state index in [4.69, 9.17) is 14.8 Å². The van der Waals surface area contributed by atoms with Crippen molar-refractivity contribution in [2.24, 2.45) is 17.8 Å². The molecule has 0 aromatic carbocycles. The van der Waals surface area contributed by atoms with Gasteiger partial charge in [0.05, 0.1) is 11.2 Å². The summed E-state index contributed by atoms with van der Waals surface area (Å²) < 4.78 is 4.95. The number of aromatic nitrogens is 1. The van der Waals surface area contributed by atoms with Crippen molar-refractivity contribution >= 4 is 29.6 Å². The summed E-state index contributed by atoms with van der Waals surface area (Å²) in [7, 11) is 0. The Kier molecular flexibility index (Phi) is 6.56. The van der Waals surface area contributed by atoms with Crippen LogP contribution in [0.3, 0.4) is 0 Å². The quantitative estimate of drug-likeness (QED) is 0.477. The van der Waals surface area contributed by atoms with E-state index in [0.717, 1.165) is 55.8 Å². The minimum absolute atomic E-state index is 0.0347. The van der Waals surface area contributed by atoms with Crippen molar-refractivity contribution in [1.29, 1.82) is 0 Å². The van der Waals surface area contributed by atoms with E-state index < -0.39 is 11.8 Å². The second-order valence-electron chi connectivity index (χ2n) is 11.8. The number of anilines is 1. The third-order valence-electron chi connectivity index (χ3n) is 9.24. The number of carbonyl (C=O) groups is 2. The van der Waals surface area contributed by atoms with Crippen molar-refractivity contribution in [3.63, 3.8) is 0 Å². The molecule has 196 valence electrons. The number of hydrogen-bond acceptors (Lipinski definition) is 7. The minimum atomic E-state index is -1.22. The molecule has 4 bridgehead atoms. The number of aliphatic hydroxyl groups is 1. The maximum absolute atomic E-state index is 13.6. The molecule has 2 atom stereocenters. The van der Waals surface area contributed by atoms with E-state index in [1.165, 1.54) is 12.8 Å². The second kappa shape index (κ2) is 9.71. The average Bonchev–Trinajstić information content (AvgIpc) is 3.33. The van der Waals surface area contributed by atoms with E-state index >= 15 is 0 Å². The van der Waals surface area contributed by atoms with Crippen LogP contribution in [0.15, 0.2) is 17.2 Å². The SMILES string of the molecule is O=C(O)OC1CCN(c2ccc(C(=O)N[C@H]3C4CC5CC3C[C@@](O)(C5)C4)c(SC3CCCC3)n2)CC1. The van der Waals surface area contributed by atoms with Crippen LogP contribution in [0.1, 0.15) is 81.0 Å². The van der Waals surface area contributed by atoms with Gasteiger partial charge in [0.25, 0.3) is 5.91 Å². The number of carbonyl (C=O) groups excluding carboxylic acids is 1. The molecule has 1 aromatic heterocycles. The Bertz CT molecular complexity index is 991. The third kappa shape index (κ3) is 4.93. The highest BCUT2D eigenvalue weighted by Gasteiger charge is 2.55. The molecule has 1 aliphatic heterocycles. The number of piperidine rings is 1. The molecular formula is C27H37N3O5S. The van der Waals surface area contributed by atoms with Crippen LogP contribution in [-0.2, 0) is 4.74 Å². The monoisotopic (exact) mass is 515 g/mol. The molecule has 7 rings (SSSR count). The molecule has 9 heteroatoms. The van der Waals surface area contributed by atoms with Gasteiger partial charge in [0.1, 0.15) is 16.9 Å². The van der Waals surface area contributed by atoms with Gasteiger partial charge in [-0.2, -0.15) is 0 Å². The van der Waals surface area contributed by atoms with Crippen molar-refractivity contribution < 1.29 is 24.5 Å². The average molecular weight is 516 g/mol. The molecule has 0 spiro atoms. The fourth-order valence-electron chi connectivity index (χ4n) is 7.83. The summed E-state index contributed by atoms with van der Waals surface area (Å²) in [4.78, 5) is 31.7. The van der Waals surface area contributed by atoms with Gasteiger partial charge in [0.2, 0.25) is 0 Å². The highest BCUT2D eigenvalue weighted by Crippen LogP contribution is 2.55. The van der Waals surface area contributed by atoms with Gasteiger partial charge >= 0.3 is 6.16 Å². The van der Waals surface area contributed by atoms with Crippen LogP contribution in [0.5, 0.6) is 0 Å². The van der Waals surface area contributed by atoms with Crippen LogP contribution in [0.25, 0.3) is 0 Å². The van der Waals surface area contributed by atoms with E-state index in [-0.39, 0.29) is 18.1 Å². The number of carboxylic acid groups (broad SMARTS) is 1. The van der Waals surface area contributed by atoms with Crippen molar-refractivity contribution in [3.05, 3.63) is 17.7 Å². The van der Waals surface area contributed by atoms with Gasteiger partial charge in [-0.05, 0) is 74.8 Å². The third-order valence-corrected chi connectivity index (χ3v) is 10.6. The summed E-state index contributed by atoms with van der Waals surface area (Å²) in [5, 5.41) is 24.5. The Labute approximate surface area is 216 Å². The maximum atomic E-state index is 13.6. The first-order valence-corrected chi connectivity index (χ1v) is 14.6. The molecule has 2 heterocycles. The normalized spacial score (nSPS) is 34.2. The lowest BCUT2D eigenvalue weighted by Crippen LogP contribution is -2.61. The molecule has 1 saturated heterocycles. The standard InChI is InChI=1S/C27H37N3O5S/c31-24(29-23-17-11-16-12-18(23)15-27(34,13-16)14-17)21-5-6-22(28-25(21)36-20-3-1-2-4-20)30-9-7-19(8-10-30)35-26(32)33/h5-6,16-20,23,34H,1-4,7-15H2,(H,29,31)(H,32,33)/t16?,17?,18?,23-,27+. The smallest absolute Gasteiger partial charge is 0.450 e. The van der Waals surface area contributed by atoms with Crippen LogP contribution in [0, 0.1) is 17.8 Å². The molecule has 6 aliphatic rings. The van der Waals surface area contributed by atoms with Crippen molar-refractivity contribution in [3.8, 4) is 0 Å². The fourth-order valence-corrected chi connectivity index (χ4v) is 9.14. The Morgan fingerprint density at radius 2 is 1.75 bits per heavy atom. The predicted octanol–water partition coefficient (Wildman–Crippen LogP) is 4.45. The zero-order valence-electron chi connectivity index (χ0n) is 20.7. The van der Waals surface area contributed by atoms with Crippen LogP contribution >= 0.6 is 11.8 Å². The van der Waals surface area contributed by atoms with Crippen LogP contribution < -0.4 is 10.2 Å². The number of thioether (sulfide) groups is 1. The van der Waals surface area contributed by atoms with Gasteiger partial charge in [-0.1, -0.05) is 12.8 Å². The van der Waals surface area contributed by atoms with Gasteiger partial charge in [0.15, 0.2) is 0 Å². The van der Waals surface area contributed by atoms with Crippen LogP contribution in [0.4, 0.5) is 10.6 Å². The molecule has 8 nitrogen and oxygen atoms in total. The fraction of sp³-hybridized carbons (Fsp3) is 0.741. The summed E-state index contributed by atoms with van der Waals surface area (Å²) in [5.74, 6) is 2.17. The van der Waals surface area contributed by atoms with E-state index in [9.17, 15) is 14.7 Å². The molecule has 6 fully saturated rings. The summed E-state index contributed by atoms with van der Waals surface area (Å²) in [6.07, 6.45) is 9.35. The Morgan fingerprint density at radius 3 is 2.39 bits per heavy atom. The highest BCUT2D eigenvalue weighted by molar-refractivity contribution is 7.99. The van der Waals surface area contributed by atoms with E-state index in [2.05, 4.69) is 10.2 Å². The lowest BCUT2D eigenvalue weighted by molar-refractivity contribution is -0.136. The van der Waals surface area contributed by atoms with E-state index in [0.29, 0.717) is 54.5 Å². The van der Waals surface area contributed by atoms with Gasteiger partial charge in [-0.25, -0.2) is 9.78 Å². The zero-order chi connectivity index (χ0) is 24.9. The lowest BCUT2D eigenvalue weighted by Gasteiger charge is -2.58. The van der Waals surface area contributed by atoms with Crippen LogP contribution in [-0.4, -0.2) is 63.3 Å². The number of hydrogen-bond donors (Lipinski definition) is 3. The lowest BCUT2D eigenvalue weighted by atomic mass is 9.52. The number of amides is 1. The number of pyridine rings is 1. The summed E-state index contributed by atoms with van der Waals surface area (Å²) in [6, 6.07) is 4.01. The summed E-state index contributed by atoms with van der Waals surface area (Å²) in [6.45, 7) is 1.36. The van der Waals surface area contributed by atoms with Crippen LogP contribution in [0.2, 0.25) is 0 Å². The Morgan fingerprint density at radius 1 is 1.06 bits per heavy atom. The minimum Gasteiger partial charge on any atom is -0.450 e. The van der Waals surface area contributed by atoms with Gasteiger partial charge in [-0.3, -0.25) is 4.79 Å². The van der Waals surface area contributed by atoms with Gasteiger partial charge < -0.3 is 25.2 Å². The predicted molar refractivity (Wildman–Crippen MR) is 136 cm³/mol. The first-order chi connectivity index (χ1) is 17.3. The Hall–Kier alpha value is -2.00. The molecule has 5 saturated carbocycles. The maximum Gasteiger partial charge on any atom is 0.506 e. The first-order valence-electron chi connectivity index (χ1n) is 13.7. The topological polar surface area (TPSA) is 112 Å². The Balaban J connectivity index is 1.18.